The van der Waals surface area contributed by atoms with Crippen molar-refractivity contribution in [3.63, 3.8) is 0 Å². The van der Waals surface area contributed by atoms with E-state index in [9.17, 15) is 4.79 Å². The molecule has 0 unspecified atom stereocenters. The number of nitrogens with zero attached hydrogens (tertiary/aromatic N) is 1. The first kappa shape index (κ1) is 14.9. The normalized spacial score (nSPS) is 9.76. The van der Waals surface area contributed by atoms with E-state index in [1.165, 1.54) is 0 Å². The minimum Gasteiger partial charge on any atom is -0.477 e. The van der Waals surface area contributed by atoms with Crippen molar-refractivity contribution in [2.24, 2.45) is 0 Å². The van der Waals surface area contributed by atoms with Crippen LogP contribution in [0.1, 0.15) is 15.9 Å². The van der Waals surface area contributed by atoms with Crippen LogP contribution in [0.4, 0.5) is 5.69 Å². The zero-order chi connectivity index (χ0) is 15.2. The number of rotatable bonds is 4. The standard InChI is InChI=1S/C16H13ClN2O2/c1-11-12(5-4-6-13(11)17)16(20)19-14-7-2-3-8-15(14)21-10-9-18/h2-8H,10H2,1H3,(H,19,20). The number of halogens is 1. The van der Waals surface area contributed by atoms with E-state index in [4.69, 9.17) is 21.6 Å². The van der Waals surface area contributed by atoms with Gasteiger partial charge >= 0.3 is 0 Å². The number of anilines is 1. The summed E-state index contributed by atoms with van der Waals surface area (Å²) in [6.07, 6.45) is 0. The summed E-state index contributed by atoms with van der Waals surface area (Å²) in [6, 6.07) is 14.0. The van der Waals surface area contributed by atoms with E-state index in [1.807, 2.05) is 6.07 Å². The van der Waals surface area contributed by atoms with Crippen LogP contribution in [0.2, 0.25) is 5.02 Å². The summed E-state index contributed by atoms with van der Waals surface area (Å²) >= 11 is 6.02. The Morgan fingerprint density at radius 1 is 1.29 bits per heavy atom. The fourth-order valence-electron chi connectivity index (χ4n) is 1.85. The highest BCUT2D eigenvalue weighted by atomic mass is 35.5. The molecular weight excluding hydrogens is 288 g/mol. The number of hydrogen-bond donors (Lipinski definition) is 1. The second kappa shape index (κ2) is 6.78. The third-order valence-electron chi connectivity index (χ3n) is 2.94. The Bertz CT molecular complexity index is 708. The van der Waals surface area contributed by atoms with Crippen LogP contribution < -0.4 is 10.1 Å². The molecule has 106 valence electrons. The summed E-state index contributed by atoms with van der Waals surface area (Å²) in [6.45, 7) is 1.71. The fraction of sp³-hybridized carbons (Fsp3) is 0.125. The molecule has 0 heterocycles. The number of benzene rings is 2. The molecule has 1 N–H and O–H groups in total. The number of carbonyl (C=O) groups excluding carboxylic acids is 1. The Morgan fingerprint density at radius 3 is 2.81 bits per heavy atom. The Morgan fingerprint density at radius 2 is 2.05 bits per heavy atom. The number of hydrogen-bond acceptors (Lipinski definition) is 3. The first-order chi connectivity index (χ1) is 10.1. The predicted molar refractivity (Wildman–Crippen MR) is 81.7 cm³/mol. The summed E-state index contributed by atoms with van der Waals surface area (Å²) in [4.78, 5) is 12.3. The zero-order valence-electron chi connectivity index (χ0n) is 11.4. The lowest BCUT2D eigenvalue weighted by Crippen LogP contribution is -2.14. The first-order valence-electron chi connectivity index (χ1n) is 6.28. The van der Waals surface area contributed by atoms with E-state index in [1.54, 1.807) is 49.4 Å². The van der Waals surface area contributed by atoms with Crippen LogP contribution in [0.5, 0.6) is 5.75 Å². The largest absolute Gasteiger partial charge is 0.477 e. The highest BCUT2D eigenvalue weighted by Crippen LogP contribution is 2.25. The van der Waals surface area contributed by atoms with Crippen molar-refractivity contribution < 1.29 is 9.53 Å². The number of carbonyl (C=O) groups is 1. The molecule has 0 saturated carbocycles. The maximum absolute atomic E-state index is 12.3. The van der Waals surface area contributed by atoms with Gasteiger partial charge in [0.2, 0.25) is 0 Å². The van der Waals surface area contributed by atoms with Crippen molar-refractivity contribution in [2.75, 3.05) is 11.9 Å². The zero-order valence-corrected chi connectivity index (χ0v) is 12.1. The van der Waals surface area contributed by atoms with Gasteiger partial charge in [0.05, 0.1) is 5.69 Å². The lowest BCUT2D eigenvalue weighted by molar-refractivity contribution is 0.102. The van der Waals surface area contributed by atoms with E-state index in [0.29, 0.717) is 27.6 Å². The molecule has 21 heavy (non-hydrogen) atoms. The molecule has 0 bridgehead atoms. The van der Waals surface area contributed by atoms with Crippen molar-refractivity contribution in [1.82, 2.24) is 0 Å². The van der Waals surface area contributed by atoms with Crippen molar-refractivity contribution >= 4 is 23.2 Å². The van der Waals surface area contributed by atoms with Gasteiger partial charge in [-0.2, -0.15) is 5.26 Å². The maximum atomic E-state index is 12.3. The van der Waals surface area contributed by atoms with Crippen LogP contribution in [0.15, 0.2) is 42.5 Å². The number of ether oxygens (including phenoxy) is 1. The highest BCUT2D eigenvalue weighted by molar-refractivity contribution is 6.32. The van der Waals surface area contributed by atoms with Gasteiger partial charge in [-0.3, -0.25) is 4.79 Å². The predicted octanol–water partition coefficient (Wildman–Crippen LogP) is 3.80. The van der Waals surface area contributed by atoms with Crippen LogP contribution in [0, 0.1) is 18.3 Å². The average molecular weight is 301 g/mol. The molecule has 0 atom stereocenters. The monoisotopic (exact) mass is 300 g/mol. The van der Waals surface area contributed by atoms with Gasteiger partial charge in [0.25, 0.3) is 5.91 Å². The van der Waals surface area contributed by atoms with Gasteiger partial charge in [0.15, 0.2) is 6.61 Å². The first-order valence-corrected chi connectivity index (χ1v) is 6.66. The molecular formula is C16H13ClN2O2. The molecule has 0 aromatic heterocycles. The van der Waals surface area contributed by atoms with Gasteiger partial charge in [-0.05, 0) is 36.8 Å². The van der Waals surface area contributed by atoms with Crippen LogP contribution in [0.3, 0.4) is 0 Å². The minimum absolute atomic E-state index is 0.0803. The topological polar surface area (TPSA) is 62.1 Å². The van der Waals surface area contributed by atoms with Crippen LogP contribution >= 0.6 is 11.6 Å². The van der Waals surface area contributed by atoms with Gasteiger partial charge in [-0.25, -0.2) is 0 Å². The molecule has 2 rings (SSSR count). The molecule has 0 saturated heterocycles. The Labute approximate surface area is 127 Å². The lowest BCUT2D eigenvalue weighted by atomic mass is 10.1. The summed E-state index contributed by atoms with van der Waals surface area (Å²) in [5, 5.41) is 11.9. The maximum Gasteiger partial charge on any atom is 0.256 e. The van der Waals surface area contributed by atoms with Gasteiger partial charge in [0, 0.05) is 10.6 Å². The van der Waals surface area contributed by atoms with Crippen LogP contribution in [-0.4, -0.2) is 12.5 Å². The van der Waals surface area contributed by atoms with E-state index in [0.717, 1.165) is 0 Å². The number of nitrogens with one attached hydrogen (secondary N) is 1. The summed E-state index contributed by atoms with van der Waals surface area (Å²) in [5.74, 6) is 0.176. The molecule has 0 fully saturated rings. The molecule has 0 radical (unpaired) electrons. The molecule has 4 nitrogen and oxygen atoms in total. The third kappa shape index (κ3) is 3.53. The smallest absolute Gasteiger partial charge is 0.256 e. The Balaban J connectivity index is 2.24. The Kier molecular flexibility index (Phi) is 4.81. The SMILES string of the molecule is Cc1c(Cl)cccc1C(=O)Nc1ccccc1OCC#N. The van der Waals surface area contributed by atoms with Crippen LogP contribution in [-0.2, 0) is 0 Å². The van der Waals surface area contributed by atoms with Crippen molar-refractivity contribution in [2.45, 2.75) is 6.92 Å². The molecule has 0 aliphatic heterocycles. The van der Waals surface area contributed by atoms with Crippen molar-refractivity contribution in [3.8, 4) is 11.8 Å². The van der Waals surface area contributed by atoms with E-state index < -0.39 is 0 Å². The molecule has 0 aliphatic carbocycles. The highest BCUT2D eigenvalue weighted by Gasteiger charge is 2.13. The van der Waals surface area contributed by atoms with Gasteiger partial charge in [0.1, 0.15) is 11.8 Å². The second-order valence-electron chi connectivity index (χ2n) is 4.31. The lowest BCUT2D eigenvalue weighted by Gasteiger charge is -2.12. The molecule has 2 aromatic rings. The van der Waals surface area contributed by atoms with Gasteiger partial charge < -0.3 is 10.1 Å². The van der Waals surface area contributed by atoms with Crippen molar-refractivity contribution in [1.29, 1.82) is 5.26 Å². The minimum atomic E-state index is -0.275. The average Bonchev–Trinajstić information content (AvgIpc) is 2.49. The fourth-order valence-corrected chi connectivity index (χ4v) is 2.02. The molecule has 0 aliphatic rings. The summed E-state index contributed by atoms with van der Waals surface area (Å²) < 4.78 is 5.28. The van der Waals surface area contributed by atoms with E-state index >= 15 is 0 Å². The van der Waals surface area contributed by atoms with Crippen molar-refractivity contribution in [3.05, 3.63) is 58.6 Å². The second-order valence-corrected chi connectivity index (χ2v) is 4.72. The van der Waals surface area contributed by atoms with Gasteiger partial charge in [-0.1, -0.05) is 29.8 Å². The van der Waals surface area contributed by atoms with Crippen LogP contribution in [0.25, 0.3) is 0 Å². The quantitative estimate of drug-likeness (QED) is 0.934. The number of nitriles is 1. The molecule has 5 heteroatoms. The molecule has 0 spiro atoms. The summed E-state index contributed by atoms with van der Waals surface area (Å²) in [5.41, 5.74) is 1.72. The Hall–Kier alpha value is -2.51. The van der Waals surface area contributed by atoms with E-state index in [-0.39, 0.29) is 12.5 Å². The van der Waals surface area contributed by atoms with Gasteiger partial charge in [-0.15, -0.1) is 0 Å². The number of para-hydroxylation sites is 2. The van der Waals surface area contributed by atoms with E-state index in [2.05, 4.69) is 5.32 Å². The molecule has 1 amide bonds. The summed E-state index contributed by atoms with van der Waals surface area (Å²) in [7, 11) is 0. The molecule has 2 aromatic carbocycles. The number of amides is 1. The third-order valence-corrected chi connectivity index (χ3v) is 3.35.